The zero-order valence-electron chi connectivity index (χ0n) is 21.8. The van der Waals surface area contributed by atoms with Gasteiger partial charge in [0, 0.05) is 34.3 Å². The van der Waals surface area contributed by atoms with Gasteiger partial charge in [-0.05, 0) is 56.5 Å². The number of benzene rings is 3. The second kappa shape index (κ2) is 13.4. The molecule has 0 aliphatic heterocycles. The van der Waals surface area contributed by atoms with Crippen LogP contribution in [-0.2, 0) is 28.3 Å². The van der Waals surface area contributed by atoms with E-state index < -0.39 is 11.6 Å². The lowest BCUT2D eigenvalue weighted by molar-refractivity contribution is -0.140. The van der Waals surface area contributed by atoms with Crippen LogP contribution in [0.1, 0.15) is 43.0 Å². The minimum absolute atomic E-state index is 0.0966. The second-order valence-corrected chi connectivity index (χ2v) is 12.0. The molecule has 0 aliphatic carbocycles. The third-order valence-corrected chi connectivity index (χ3v) is 7.29. The van der Waals surface area contributed by atoms with Gasteiger partial charge in [-0.15, -0.1) is 11.8 Å². The van der Waals surface area contributed by atoms with Crippen LogP contribution in [-0.4, -0.2) is 34.0 Å². The predicted molar refractivity (Wildman–Crippen MR) is 156 cm³/mol. The van der Waals surface area contributed by atoms with Crippen molar-refractivity contribution >= 4 is 46.8 Å². The Balaban J connectivity index is 1.87. The minimum atomic E-state index is -0.657. The number of rotatable bonds is 10. The maximum atomic E-state index is 13.7. The number of thioether (sulfide) groups is 1. The first kappa shape index (κ1) is 29.1. The molecule has 196 valence electrons. The Kier molecular flexibility index (Phi) is 10.5. The first-order valence-electron chi connectivity index (χ1n) is 12.2. The van der Waals surface area contributed by atoms with E-state index >= 15 is 0 Å². The van der Waals surface area contributed by atoms with Crippen molar-refractivity contribution in [3.05, 3.63) is 105 Å². The molecule has 1 N–H and O–H groups in total. The van der Waals surface area contributed by atoms with E-state index in [-0.39, 0.29) is 17.6 Å². The summed E-state index contributed by atoms with van der Waals surface area (Å²) in [4.78, 5) is 29.0. The van der Waals surface area contributed by atoms with E-state index in [1.54, 1.807) is 17.0 Å². The van der Waals surface area contributed by atoms with Crippen molar-refractivity contribution in [2.45, 2.75) is 58.0 Å². The fourth-order valence-electron chi connectivity index (χ4n) is 3.87. The van der Waals surface area contributed by atoms with Crippen molar-refractivity contribution in [2.75, 3.05) is 5.75 Å². The highest BCUT2D eigenvalue weighted by atomic mass is 35.5. The molecule has 1 atom stereocenters. The summed E-state index contributed by atoms with van der Waals surface area (Å²) in [5.74, 6) is 0.527. The molecule has 0 heterocycles. The van der Waals surface area contributed by atoms with Gasteiger partial charge in [-0.1, -0.05) is 89.4 Å². The van der Waals surface area contributed by atoms with Gasteiger partial charge < -0.3 is 10.2 Å². The second-order valence-electron chi connectivity index (χ2n) is 10.2. The molecule has 0 aliphatic rings. The molecule has 0 saturated heterocycles. The summed E-state index contributed by atoms with van der Waals surface area (Å²) in [7, 11) is 0. The standard InChI is InChI=1S/C30H34Cl2N2O2S/c1-21-10-12-23(13-11-21)18-34(28(35)20-37-19-24-14-15-25(31)17-26(24)32)27(29(36)33-30(2,3)4)16-22-8-6-5-7-9-22/h5-15,17,27H,16,18-20H2,1-4H3,(H,33,36). The van der Waals surface area contributed by atoms with Crippen molar-refractivity contribution in [1.82, 2.24) is 10.2 Å². The van der Waals surface area contributed by atoms with Crippen LogP contribution in [0.15, 0.2) is 72.8 Å². The molecule has 1 unspecified atom stereocenters. The average Bonchev–Trinajstić information content (AvgIpc) is 2.83. The van der Waals surface area contributed by atoms with Gasteiger partial charge in [-0.3, -0.25) is 9.59 Å². The van der Waals surface area contributed by atoms with E-state index in [1.807, 2.05) is 88.4 Å². The summed E-state index contributed by atoms with van der Waals surface area (Å²) in [5, 5.41) is 4.25. The fraction of sp³-hybridized carbons (Fsp3) is 0.333. The SMILES string of the molecule is Cc1ccc(CN(C(=O)CSCc2ccc(Cl)cc2Cl)C(Cc2ccccc2)C(=O)NC(C)(C)C)cc1. The van der Waals surface area contributed by atoms with E-state index in [2.05, 4.69) is 5.32 Å². The molecule has 3 aromatic rings. The largest absolute Gasteiger partial charge is 0.350 e. The lowest BCUT2D eigenvalue weighted by Gasteiger charge is -2.34. The van der Waals surface area contributed by atoms with Gasteiger partial charge in [0.05, 0.1) is 5.75 Å². The van der Waals surface area contributed by atoms with Crippen LogP contribution in [0.2, 0.25) is 10.0 Å². The number of nitrogens with zero attached hydrogens (tertiary/aromatic N) is 1. The van der Waals surface area contributed by atoms with Crippen molar-refractivity contribution < 1.29 is 9.59 Å². The van der Waals surface area contributed by atoms with Gasteiger partial charge in [0.15, 0.2) is 0 Å². The van der Waals surface area contributed by atoms with Crippen molar-refractivity contribution in [2.24, 2.45) is 0 Å². The molecule has 0 spiro atoms. The zero-order chi connectivity index (χ0) is 27.0. The highest BCUT2D eigenvalue weighted by molar-refractivity contribution is 7.99. The number of carbonyl (C=O) groups is 2. The van der Waals surface area contributed by atoms with Gasteiger partial charge in [-0.25, -0.2) is 0 Å². The van der Waals surface area contributed by atoms with Crippen molar-refractivity contribution in [3.8, 4) is 0 Å². The highest BCUT2D eigenvalue weighted by Gasteiger charge is 2.32. The lowest BCUT2D eigenvalue weighted by atomic mass is 10.0. The molecule has 0 saturated carbocycles. The fourth-order valence-corrected chi connectivity index (χ4v) is 5.34. The zero-order valence-corrected chi connectivity index (χ0v) is 24.1. The average molecular weight is 558 g/mol. The van der Waals surface area contributed by atoms with Crippen LogP contribution in [0.4, 0.5) is 0 Å². The van der Waals surface area contributed by atoms with E-state index in [0.29, 0.717) is 28.8 Å². The number of nitrogens with one attached hydrogen (secondary N) is 1. The Morgan fingerprint density at radius 1 is 0.946 bits per heavy atom. The molecule has 0 bridgehead atoms. The molecule has 3 rings (SSSR count). The summed E-state index contributed by atoms with van der Waals surface area (Å²) in [5.41, 5.74) is 3.61. The van der Waals surface area contributed by atoms with E-state index in [9.17, 15) is 9.59 Å². The van der Waals surface area contributed by atoms with Gasteiger partial charge in [0.1, 0.15) is 6.04 Å². The van der Waals surface area contributed by atoms with Crippen LogP contribution < -0.4 is 5.32 Å². The summed E-state index contributed by atoms with van der Waals surface area (Å²) in [6, 6.07) is 22.6. The van der Waals surface area contributed by atoms with Crippen molar-refractivity contribution in [3.63, 3.8) is 0 Å². The first-order valence-corrected chi connectivity index (χ1v) is 14.2. The maximum absolute atomic E-state index is 13.7. The summed E-state index contributed by atoms with van der Waals surface area (Å²) < 4.78 is 0. The van der Waals surface area contributed by atoms with Crippen LogP contribution in [0.25, 0.3) is 0 Å². The molecule has 3 aromatic carbocycles. The quantitative estimate of drug-likeness (QED) is 0.290. The Morgan fingerprint density at radius 2 is 1.62 bits per heavy atom. The maximum Gasteiger partial charge on any atom is 0.243 e. The lowest BCUT2D eigenvalue weighted by Crippen LogP contribution is -2.54. The van der Waals surface area contributed by atoms with Crippen LogP contribution in [0.3, 0.4) is 0 Å². The number of hydrogen-bond donors (Lipinski definition) is 1. The topological polar surface area (TPSA) is 49.4 Å². The first-order chi connectivity index (χ1) is 17.5. The van der Waals surface area contributed by atoms with E-state index in [1.165, 1.54) is 11.8 Å². The molecule has 0 radical (unpaired) electrons. The molecular weight excluding hydrogens is 523 g/mol. The Morgan fingerprint density at radius 3 is 2.24 bits per heavy atom. The number of amides is 2. The van der Waals surface area contributed by atoms with Gasteiger partial charge in [0.2, 0.25) is 11.8 Å². The van der Waals surface area contributed by atoms with Gasteiger partial charge in [-0.2, -0.15) is 0 Å². The van der Waals surface area contributed by atoms with Crippen LogP contribution >= 0.6 is 35.0 Å². The third-order valence-electron chi connectivity index (χ3n) is 5.74. The van der Waals surface area contributed by atoms with Gasteiger partial charge in [0.25, 0.3) is 0 Å². The minimum Gasteiger partial charge on any atom is -0.350 e. The van der Waals surface area contributed by atoms with Crippen LogP contribution in [0, 0.1) is 6.92 Å². The number of hydrogen-bond acceptors (Lipinski definition) is 3. The molecular formula is C30H34Cl2N2O2S. The molecule has 0 aromatic heterocycles. The van der Waals surface area contributed by atoms with E-state index in [4.69, 9.17) is 23.2 Å². The summed E-state index contributed by atoms with van der Waals surface area (Å²) in [6.07, 6.45) is 0.425. The molecule has 2 amide bonds. The number of carbonyl (C=O) groups excluding carboxylic acids is 2. The summed E-state index contributed by atoms with van der Waals surface area (Å²) >= 11 is 13.8. The smallest absolute Gasteiger partial charge is 0.243 e. The molecule has 0 fully saturated rings. The normalized spacial score (nSPS) is 12.2. The Labute approximate surface area is 234 Å². The predicted octanol–water partition coefficient (Wildman–Crippen LogP) is 7.09. The molecule has 7 heteroatoms. The Hall–Kier alpha value is -2.47. The Bertz CT molecular complexity index is 1190. The number of halogens is 2. The summed E-state index contributed by atoms with van der Waals surface area (Å²) in [6.45, 7) is 8.21. The highest BCUT2D eigenvalue weighted by Crippen LogP contribution is 2.25. The van der Waals surface area contributed by atoms with Gasteiger partial charge >= 0.3 is 0 Å². The van der Waals surface area contributed by atoms with Crippen LogP contribution in [0.5, 0.6) is 0 Å². The molecule has 4 nitrogen and oxygen atoms in total. The van der Waals surface area contributed by atoms with Crippen molar-refractivity contribution in [1.29, 1.82) is 0 Å². The monoisotopic (exact) mass is 556 g/mol. The van der Waals surface area contributed by atoms with E-state index in [0.717, 1.165) is 22.3 Å². The number of aryl methyl sites for hydroxylation is 1. The third kappa shape index (κ3) is 9.41. The molecule has 37 heavy (non-hydrogen) atoms.